The summed E-state index contributed by atoms with van der Waals surface area (Å²) in [6.45, 7) is 0.955. The van der Waals surface area contributed by atoms with E-state index in [2.05, 4.69) is 25.5 Å². The van der Waals surface area contributed by atoms with Crippen molar-refractivity contribution in [3.8, 4) is 22.5 Å². The maximum absolute atomic E-state index is 13.3. The average molecular weight is 500 g/mol. The summed E-state index contributed by atoms with van der Waals surface area (Å²) in [5, 5.41) is 11.0. The van der Waals surface area contributed by atoms with Crippen molar-refractivity contribution in [2.75, 3.05) is 18.4 Å². The second-order valence-electron chi connectivity index (χ2n) is 9.29. The van der Waals surface area contributed by atoms with Crippen LogP contribution >= 0.6 is 0 Å². The summed E-state index contributed by atoms with van der Waals surface area (Å²) in [5.74, 6) is -2.04. The molecule has 2 N–H and O–H groups in total. The van der Waals surface area contributed by atoms with Crippen LogP contribution < -0.4 is 5.32 Å². The molecule has 0 saturated carbocycles. The third kappa shape index (κ3) is 4.20. The quantitative estimate of drug-likeness (QED) is 0.348. The zero-order valence-electron chi connectivity index (χ0n) is 20.2. The van der Waals surface area contributed by atoms with Crippen LogP contribution in [-0.2, 0) is 7.05 Å². The molecule has 0 radical (unpaired) electrons. The molecular weight excluding hydrogens is 476 g/mol. The number of H-pyrrole nitrogens is 1. The van der Waals surface area contributed by atoms with E-state index < -0.39 is 24.9 Å². The molecule has 2 aromatic carbocycles. The van der Waals surface area contributed by atoms with Crippen molar-refractivity contribution >= 4 is 28.3 Å². The minimum atomic E-state index is -2.80. The zero-order valence-corrected chi connectivity index (χ0v) is 20.2. The largest absolute Gasteiger partial charge is 0.340 e. The summed E-state index contributed by atoms with van der Waals surface area (Å²) in [4.78, 5) is 23.0. The van der Waals surface area contributed by atoms with Crippen LogP contribution in [0.4, 0.5) is 20.3 Å². The molecule has 10 heteroatoms. The Morgan fingerprint density at radius 2 is 1.92 bits per heavy atom. The molecule has 186 valence electrons. The van der Waals surface area contributed by atoms with E-state index in [-0.39, 0.29) is 0 Å². The molecular formula is C27H23F2N7O. The Labute approximate surface area is 211 Å². The Hall–Kier alpha value is -4.60. The number of carbonyl (C=O) groups excluding carboxylic acids is 1. The second kappa shape index (κ2) is 8.51. The van der Waals surface area contributed by atoms with Gasteiger partial charge in [0, 0.05) is 47.2 Å². The predicted octanol–water partition coefficient (Wildman–Crippen LogP) is 5.17. The van der Waals surface area contributed by atoms with Gasteiger partial charge in [-0.15, -0.1) is 0 Å². The highest BCUT2D eigenvalue weighted by atomic mass is 19.3. The Bertz CT molecular complexity index is 1630. The molecule has 5 aromatic rings. The van der Waals surface area contributed by atoms with Gasteiger partial charge in [-0.2, -0.15) is 5.10 Å². The fourth-order valence-corrected chi connectivity index (χ4v) is 4.67. The standard InChI is InChI=1S/C27H23F2N7O/c1-16-9-20(5-6-21(16)19-12-31-32-13-19)33-24-7-8-30-25(34-24)18-4-3-17-10-23(35(2)22(17)11-18)26(37)36-14-27(28,29)15-36/h3-13H,14-15H2,1-2H3,(H,31,32)(H,30,33,34). The second-order valence-corrected chi connectivity index (χ2v) is 9.29. The highest BCUT2D eigenvalue weighted by molar-refractivity contribution is 6.00. The van der Waals surface area contributed by atoms with Crippen molar-refractivity contribution in [2.45, 2.75) is 12.8 Å². The van der Waals surface area contributed by atoms with E-state index in [0.717, 1.165) is 43.7 Å². The number of carbonyl (C=O) groups is 1. The molecule has 6 rings (SSSR count). The topological polar surface area (TPSA) is 91.7 Å². The van der Waals surface area contributed by atoms with Gasteiger partial charge >= 0.3 is 0 Å². The van der Waals surface area contributed by atoms with Gasteiger partial charge in [-0.05, 0) is 48.4 Å². The average Bonchev–Trinajstić information content (AvgIpc) is 3.51. The minimum absolute atomic E-state index is 0.369. The van der Waals surface area contributed by atoms with E-state index in [1.807, 2.05) is 49.5 Å². The lowest BCUT2D eigenvalue weighted by atomic mass is 10.0. The molecule has 1 aliphatic rings. The van der Waals surface area contributed by atoms with E-state index in [0.29, 0.717) is 17.3 Å². The first-order valence-corrected chi connectivity index (χ1v) is 11.7. The lowest BCUT2D eigenvalue weighted by molar-refractivity contribution is -0.113. The SMILES string of the molecule is Cc1cc(Nc2ccnc(-c3ccc4cc(C(=O)N5CC(F)(F)C5)n(C)c4c3)n2)ccc1-c1cn[nH]c1. The van der Waals surface area contributed by atoms with E-state index >= 15 is 0 Å². The van der Waals surface area contributed by atoms with Gasteiger partial charge in [-0.3, -0.25) is 9.89 Å². The smallest absolute Gasteiger partial charge is 0.282 e. The summed E-state index contributed by atoms with van der Waals surface area (Å²) >= 11 is 0. The van der Waals surface area contributed by atoms with Crippen LogP contribution in [0, 0.1) is 6.92 Å². The molecule has 0 bridgehead atoms. The number of nitrogens with zero attached hydrogens (tertiary/aromatic N) is 5. The van der Waals surface area contributed by atoms with Gasteiger partial charge in [0.1, 0.15) is 11.5 Å². The van der Waals surface area contributed by atoms with Crippen molar-refractivity contribution in [2.24, 2.45) is 7.05 Å². The number of anilines is 2. The van der Waals surface area contributed by atoms with Crippen LogP contribution in [0.2, 0.25) is 0 Å². The van der Waals surface area contributed by atoms with Gasteiger partial charge in [0.2, 0.25) is 0 Å². The van der Waals surface area contributed by atoms with Gasteiger partial charge in [-0.25, -0.2) is 18.7 Å². The number of nitrogens with one attached hydrogen (secondary N) is 2. The number of amides is 1. The van der Waals surface area contributed by atoms with Crippen LogP contribution in [-0.4, -0.2) is 54.6 Å². The van der Waals surface area contributed by atoms with Crippen molar-refractivity contribution in [1.29, 1.82) is 0 Å². The molecule has 3 aromatic heterocycles. The summed E-state index contributed by atoms with van der Waals surface area (Å²) < 4.78 is 28.2. The Balaban J connectivity index is 1.25. The van der Waals surface area contributed by atoms with Gasteiger partial charge in [0.15, 0.2) is 5.82 Å². The Morgan fingerprint density at radius 1 is 1.08 bits per heavy atom. The Kier molecular flexibility index (Phi) is 5.25. The van der Waals surface area contributed by atoms with Crippen LogP contribution in [0.3, 0.4) is 0 Å². The van der Waals surface area contributed by atoms with Gasteiger partial charge in [0.05, 0.1) is 19.3 Å². The van der Waals surface area contributed by atoms with Crippen LogP contribution in [0.1, 0.15) is 16.1 Å². The zero-order chi connectivity index (χ0) is 25.7. The van der Waals surface area contributed by atoms with Crippen molar-refractivity contribution < 1.29 is 13.6 Å². The number of aromatic amines is 1. The van der Waals surface area contributed by atoms with Gasteiger partial charge in [0.25, 0.3) is 11.8 Å². The highest BCUT2D eigenvalue weighted by Crippen LogP contribution is 2.31. The third-order valence-corrected chi connectivity index (χ3v) is 6.62. The molecule has 1 aliphatic heterocycles. The number of hydrogen-bond donors (Lipinski definition) is 2. The first-order chi connectivity index (χ1) is 17.8. The summed E-state index contributed by atoms with van der Waals surface area (Å²) in [5.41, 5.74) is 6.05. The summed E-state index contributed by atoms with van der Waals surface area (Å²) in [6.07, 6.45) is 5.33. The molecule has 1 fully saturated rings. The number of likely N-dealkylation sites (tertiary alicyclic amines) is 1. The maximum atomic E-state index is 13.3. The molecule has 37 heavy (non-hydrogen) atoms. The molecule has 1 saturated heterocycles. The number of alkyl halides is 2. The normalized spacial score (nSPS) is 14.5. The van der Waals surface area contributed by atoms with Crippen LogP contribution in [0.5, 0.6) is 0 Å². The third-order valence-electron chi connectivity index (χ3n) is 6.62. The minimum Gasteiger partial charge on any atom is -0.340 e. The number of halogens is 2. The molecule has 4 heterocycles. The summed E-state index contributed by atoms with van der Waals surface area (Å²) in [7, 11) is 1.76. The molecule has 0 spiro atoms. The number of hydrogen-bond acceptors (Lipinski definition) is 5. The van der Waals surface area contributed by atoms with E-state index in [4.69, 9.17) is 0 Å². The fraction of sp³-hybridized carbons (Fsp3) is 0.185. The summed E-state index contributed by atoms with van der Waals surface area (Å²) in [6, 6.07) is 15.3. The monoisotopic (exact) mass is 499 g/mol. The number of rotatable bonds is 5. The molecule has 0 unspecified atom stereocenters. The number of aromatic nitrogens is 5. The predicted molar refractivity (Wildman–Crippen MR) is 137 cm³/mol. The highest BCUT2D eigenvalue weighted by Gasteiger charge is 2.46. The van der Waals surface area contributed by atoms with Crippen LogP contribution in [0.25, 0.3) is 33.4 Å². The first kappa shape index (κ1) is 22.8. The van der Waals surface area contributed by atoms with E-state index in [1.165, 1.54) is 0 Å². The van der Waals surface area contributed by atoms with Crippen molar-refractivity contribution in [3.05, 3.63) is 78.4 Å². The van der Waals surface area contributed by atoms with Gasteiger partial charge < -0.3 is 14.8 Å². The van der Waals surface area contributed by atoms with Crippen LogP contribution in [0.15, 0.2) is 67.1 Å². The lowest BCUT2D eigenvalue weighted by Crippen LogP contribution is -2.58. The van der Waals surface area contributed by atoms with E-state index in [1.54, 1.807) is 36.1 Å². The Morgan fingerprint density at radius 3 is 2.65 bits per heavy atom. The number of benzene rings is 2. The van der Waals surface area contributed by atoms with E-state index in [9.17, 15) is 13.6 Å². The lowest BCUT2D eigenvalue weighted by Gasteiger charge is -2.38. The molecule has 8 nitrogen and oxygen atoms in total. The number of aryl methyl sites for hydroxylation is 2. The first-order valence-electron chi connectivity index (χ1n) is 11.7. The van der Waals surface area contributed by atoms with Gasteiger partial charge in [-0.1, -0.05) is 18.2 Å². The maximum Gasteiger partial charge on any atom is 0.282 e. The molecule has 0 aliphatic carbocycles. The number of fused-ring (bicyclic) bond motifs is 1. The molecule has 1 amide bonds. The molecule has 0 atom stereocenters. The fourth-order valence-electron chi connectivity index (χ4n) is 4.67. The van der Waals surface area contributed by atoms with Crippen molar-refractivity contribution in [1.82, 2.24) is 29.6 Å². The van der Waals surface area contributed by atoms with Crippen molar-refractivity contribution in [3.63, 3.8) is 0 Å².